The second-order valence-electron chi connectivity index (χ2n) is 9.13. The van der Waals surface area contributed by atoms with Crippen molar-refractivity contribution in [3.8, 4) is 0 Å². The van der Waals surface area contributed by atoms with Crippen LogP contribution in [0.4, 0.5) is 10.8 Å². The van der Waals surface area contributed by atoms with Gasteiger partial charge < -0.3 is 9.32 Å². The van der Waals surface area contributed by atoms with Gasteiger partial charge in [0.2, 0.25) is 5.76 Å². The summed E-state index contributed by atoms with van der Waals surface area (Å²) < 4.78 is 6.06. The lowest BCUT2D eigenvalue weighted by molar-refractivity contribution is -0.121. The van der Waals surface area contributed by atoms with Crippen molar-refractivity contribution >= 4 is 44.9 Å². The van der Waals surface area contributed by atoms with E-state index in [4.69, 9.17) is 4.42 Å². The quantitative estimate of drug-likeness (QED) is 0.344. The number of carbonyl (C=O) groups is 2. The van der Waals surface area contributed by atoms with E-state index in [0.29, 0.717) is 33.9 Å². The first-order valence-electron chi connectivity index (χ1n) is 11.8. The van der Waals surface area contributed by atoms with Crippen LogP contribution in [0.5, 0.6) is 0 Å². The number of fused-ring (bicyclic) bond motifs is 5. The van der Waals surface area contributed by atoms with Crippen molar-refractivity contribution in [3.63, 3.8) is 0 Å². The molecule has 0 fully saturated rings. The van der Waals surface area contributed by atoms with Gasteiger partial charge in [-0.15, -0.1) is 11.3 Å². The minimum Gasteiger partial charge on any atom is -0.450 e. The molecule has 0 bridgehead atoms. The summed E-state index contributed by atoms with van der Waals surface area (Å²) in [5.74, 6) is -1.07. The van der Waals surface area contributed by atoms with Gasteiger partial charge in [0, 0.05) is 17.1 Å². The summed E-state index contributed by atoms with van der Waals surface area (Å²) in [5.41, 5.74) is 1.42. The van der Waals surface area contributed by atoms with Gasteiger partial charge in [0.05, 0.1) is 23.2 Å². The molecule has 8 heteroatoms. The van der Waals surface area contributed by atoms with E-state index in [9.17, 15) is 14.4 Å². The number of amides is 2. The lowest BCUT2D eigenvalue weighted by Crippen LogP contribution is -2.53. The van der Waals surface area contributed by atoms with Gasteiger partial charge in [0.1, 0.15) is 5.58 Å². The van der Waals surface area contributed by atoms with Gasteiger partial charge in [-0.2, -0.15) is 0 Å². The Balaban J connectivity index is 1.57. The monoisotopic (exact) mass is 505 g/mol. The minimum absolute atomic E-state index is 0.0381. The maximum absolute atomic E-state index is 14.7. The largest absolute Gasteiger partial charge is 0.450 e. The predicted octanol–water partition coefficient (Wildman–Crippen LogP) is 5.01. The molecule has 2 aliphatic heterocycles. The molecule has 0 saturated carbocycles. The highest BCUT2D eigenvalue weighted by Crippen LogP contribution is 2.54. The van der Waals surface area contributed by atoms with E-state index in [1.165, 1.54) is 16.2 Å². The van der Waals surface area contributed by atoms with Gasteiger partial charge in [-0.3, -0.25) is 19.3 Å². The zero-order chi connectivity index (χ0) is 25.3. The number of para-hydroxylation sites is 2. The summed E-state index contributed by atoms with van der Waals surface area (Å²) in [6.45, 7) is 2.28. The summed E-state index contributed by atoms with van der Waals surface area (Å²) in [6, 6.07) is 22.0. The highest BCUT2D eigenvalue weighted by molar-refractivity contribution is 7.13. The van der Waals surface area contributed by atoms with Crippen LogP contribution in [0, 0.1) is 6.92 Å². The molecule has 37 heavy (non-hydrogen) atoms. The maximum atomic E-state index is 14.7. The Kier molecular flexibility index (Phi) is 4.53. The van der Waals surface area contributed by atoms with Crippen molar-refractivity contribution < 1.29 is 14.0 Å². The topological polar surface area (TPSA) is 83.7 Å². The SMILES string of the molecule is Cc1ccccc1CN1C(=O)C2(c3ccccc31)c1c(oc3ccccc3c1=O)C(=O)N2c1nccs1. The Labute approximate surface area is 215 Å². The molecule has 7 rings (SSSR count). The highest BCUT2D eigenvalue weighted by Gasteiger charge is 2.66. The fraction of sp³-hybridized carbons (Fsp3) is 0.103. The second kappa shape index (κ2) is 7.72. The van der Waals surface area contributed by atoms with Gasteiger partial charge >= 0.3 is 0 Å². The van der Waals surface area contributed by atoms with Crippen LogP contribution in [0.3, 0.4) is 0 Å². The number of aromatic nitrogens is 1. The van der Waals surface area contributed by atoms with E-state index < -0.39 is 16.9 Å². The number of nitrogens with zero attached hydrogens (tertiary/aromatic N) is 3. The lowest BCUT2D eigenvalue weighted by atomic mass is 9.84. The standard InChI is InChI=1S/C29H19N3O4S/c1-17-8-2-3-9-18(17)16-31-21-12-6-5-11-20(21)29(27(31)35)23-24(33)19-10-4-7-13-22(19)36-25(23)26(34)32(29)28-30-14-15-37-28/h2-15H,16H2,1H3. The normalized spacial score (nSPS) is 18.2. The van der Waals surface area contributed by atoms with Crippen molar-refractivity contribution in [2.75, 3.05) is 9.80 Å². The van der Waals surface area contributed by atoms with E-state index in [-0.39, 0.29) is 17.2 Å². The average Bonchev–Trinajstić information content (AvgIpc) is 3.59. The van der Waals surface area contributed by atoms with Crippen LogP contribution in [-0.2, 0) is 16.9 Å². The average molecular weight is 506 g/mol. The summed E-state index contributed by atoms with van der Waals surface area (Å²) in [4.78, 5) is 50.2. The summed E-state index contributed by atoms with van der Waals surface area (Å²) in [6.07, 6.45) is 1.58. The van der Waals surface area contributed by atoms with E-state index in [2.05, 4.69) is 4.98 Å². The third kappa shape index (κ3) is 2.76. The number of aryl methyl sites for hydroxylation is 1. The molecule has 2 aromatic heterocycles. The van der Waals surface area contributed by atoms with E-state index >= 15 is 0 Å². The van der Waals surface area contributed by atoms with Crippen molar-refractivity contribution in [2.45, 2.75) is 19.0 Å². The molecule has 0 radical (unpaired) electrons. The molecule has 3 aromatic carbocycles. The van der Waals surface area contributed by atoms with Crippen molar-refractivity contribution in [1.29, 1.82) is 0 Å². The molecule has 0 aliphatic carbocycles. The molecule has 180 valence electrons. The smallest absolute Gasteiger partial charge is 0.297 e. The van der Waals surface area contributed by atoms with Gasteiger partial charge in [-0.05, 0) is 36.2 Å². The Bertz CT molecular complexity index is 1810. The van der Waals surface area contributed by atoms with Crippen LogP contribution < -0.4 is 15.2 Å². The van der Waals surface area contributed by atoms with E-state index in [1.807, 2.05) is 55.5 Å². The number of anilines is 2. The third-order valence-corrected chi connectivity index (χ3v) is 7.99. The van der Waals surface area contributed by atoms with Crippen LogP contribution in [-0.4, -0.2) is 16.8 Å². The Hall–Kier alpha value is -4.56. The van der Waals surface area contributed by atoms with Crippen molar-refractivity contribution in [2.24, 2.45) is 0 Å². The fourth-order valence-corrected chi connectivity index (χ4v) is 6.24. The number of hydrogen-bond donors (Lipinski definition) is 0. The molecule has 0 N–H and O–H groups in total. The molecule has 4 heterocycles. The lowest BCUT2D eigenvalue weighted by Gasteiger charge is -2.32. The number of rotatable bonds is 3. The molecule has 1 unspecified atom stereocenters. The minimum atomic E-state index is -1.73. The number of hydrogen-bond acceptors (Lipinski definition) is 6. The molecule has 2 amide bonds. The fourth-order valence-electron chi connectivity index (χ4n) is 5.55. The molecule has 5 aromatic rings. The Morgan fingerprint density at radius 1 is 0.946 bits per heavy atom. The number of thiazole rings is 1. The summed E-state index contributed by atoms with van der Waals surface area (Å²) in [5, 5.41) is 2.37. The zero-order valence-electron chi connectivity index (χ0n) is 19.7. The van der Waals surface area contributed by atoms with Crippen LogP contribution in [0.1, 0.15) is 32.8 Å². The van der Waals surface area contributed by atoms with Crippen molar-refractivity contribution in [1.82, 2.24) is 4.98 Å². The first-order chi connectivity index (χ1) is 18.0. The molecule has 0 saturated heterocycles. The summed E-state index contributed by atoms with van der Waals surface area (Å²) >= 11 is 1.23. The second-order valence-corrected chi connectivity index (χ2v) is 10.0. The van der Waals surface area contributed by atoms with Crippen LogP contribution >= 0.6 is 11.3 Å². The van der Waals surface area contributed by atoms with Gasteiger partial charge in [-0.1, -0.05) is 54.6 Å². The van der Waals surface area contributed by atoms with Gasteiger partial charge in [0.25, 0.3) is 11.8 Å². The Morgan fingerprint density at radius 2 is 1.70 bits per heavy atom. The molecule has 2 aliphatic rings. The highest BCUT2D eigenvalue weighted by atomic mass is 32.1. The zero-order valence-corrected chi connectivity index (χ0v) is 20.5. The molecule has 1 spiro atoms. The maximum Gasteiger partial charge on any atom is 0.297 e. The molecular weight excluding hydrogens is 486 g/mol. The first kappa shape index (κ1) is 21.7. The van der Waals surface area contributed by atoms with Gasteiger partial charge in [0.15, 0.2) is 16.1 Å². The van der Waals surface area contributed by atoms with E-state index in [0.717, 1.165) is 11.1 Å². The summed E-state index contributed by atoms with van der Waals surface area (Å²) in [7, 11) is 0. The molecule has 1 atom stereocenters. The van der Waals surface area contributed by atoms with Crippen LogP contribution in [0.25, 0.3) is 11.0 Å². The first-order valence-corrected chi connectivity index (χ1v) is 12.7. The van der Waals surface area contributed by atoms with Crippen LogP contribution in [0.2, 0.25) is 0 Å². The molecule has 7 nitrogen and oxygen atoms in total. The van der Waals surface area contributed by atoms with Crippen molar-refractivity contribution in [3.05, 3.63) is 123 Å². The van der Waals surface area contributed by atoms with E-state index in [1.54, 1.807) is 40.7 Å². The number of carbonyl (C=O) groups excluding carboxylic acids is 2. The molecular formula is C29H19N3O4S. The predicted molar refractivity (Wildman–Crippen MR) is 141 cm³/mol. The third-order valence-electron chi connectivity index (χ3n) is 7.23. The number of benzene rings is 3. The Morgan fingerprint density at radius 3 is 2.51 bits per heavy atom. The van der Waals surface area contributed by atoms with Gasteiger partial charge in [-0.25, -0.2) is 4.98 Å². The van der Waals surface area contributed by atoms with Crippen LogP contribution in [0.15, 0.2) is 93.6 Å².